The fourth-order valence-corrected chi connectivity index (χ4v) is 5.15. The third-order valence-corrected chi connectivity index (χ3v) is 7.01. The second-order valence-corrected chi connectivity index (χ2v) is 8.78. The third-order valence-electron chi connectivity index (χ3n) is 5.13. The molecule has 2 saturated heterocycles. The summed E-state index contributed by atoms with van der Waals surface area (Å²) in [5.74, 6) is -0.442. The number of nitrogens with one attached hydrogen (secondary N) is 1. The minimum atomic E-state index is -3.67. The number of amides is 2. The van der Waals surface area contributed by atoms with Crippen molar-refractivity contribution >= 4 is 21.8 Å². The van der Waals surface area contributed by atoms with Crippen LogP contribution in [0.15, 0.2) is 29.2 Å². The van der Waals surface area contributed by atoms with Gasteiger partial charge in [0.15, 0.2) is 0 Å². The molecule has 1 aromatic carbocycles. The summed E-state index contributed by atoms with van der Waals surface area (Å²) in [6, 6.07) is 5.91. The lowest BCUT2D eigenvalue weighted by Crippen LogP contribution is -2.46. The van der Waals surface area contributed by atoms with Gasteiger partial charge >= 0.3 is 0 Å². The maximum atomic E-state index is 12.9. The first-order valence-electron chi connectivity index (χ1n) is 9.04. The first kappa shape index (κ1) is 18.8. The molecule has 2 amide bonds. The largest absolute Gasteiger partial charge is 0.355 e. The molecule has 0 aromatic heterocycles. The van der Waals surface area contributed by atoms with Crippen LogP contribution in [0.1, 0.15) is 36.0 Å². The Morgan fingerprint density at radius 2 is 1.69 bits per heavy atom. The molecule has 2 aliphatic rings. The molecule has 1 unspecified atom stereocenters. The third kappa shape index (κ3) is 3.76. The first-order valence-corrected chi connectivity index (χ1v) is 10.5. The van der Waals surface area contributed by atoms with Crippen LogP contribution in [0.3, 0.4) is 0 Å². The first-order chi connectivity index (χ1) is 12.4. The normalized spacial score (nSPS) is 21.6. The number of nitrogens with zero attached hydrogens (tertiary/aromatic N) is 2. The van der Waals surface area contributed by atoms with E-state index in [9.17, 15) is 18.0 Å². The summed E-state index contributed by atoms with van der Waals surface area (Å²) in [6.45, 7) is 2.21. The Bertz CT molecular complexity index is 770. The molecular weight excluding hydrogens is 354 g/mol. The molecule has 0 radical (unpaired) electrons. The summed E-state index contributed by atoms with van der Waals surface area (Å²) in [4.78, 5) is 26.2. The van der Waals surface area contributed by atoms with Gasteiger partial charge < -0.3 is 10.2 Å². The fraction of sp³-hybridized carbons (Fsp3) is 0.556. The second-order valence-electron chi connectivity index (χ2n) is 6.84. The Balaban J connectivity index is 1.74. The Kier molecular flexibility index (Phi) is 5.62. The summed E-state index contributed by atoms with van der Waals surface area (Å²) in [6.07, 6.45) is 3.47. The maximum Gasteiger partial charge on any atom is 0.251 e. The van der Waals surface area contributed by atoms with Crippen molar-refractivity contribution in [2.45, 2.75) is 30.6 Å². The predicted molar refractivity (Wildman–Crippen MR) is 97.1 cm³/mol. The number of carbonyl (C=O) groups excluding carboxylic acids is 2. The second kappa shape index (κ2) is 7.75. The molecule has 2 aliphatic heterocycles. The molecule has 26 heavy (non-hydrogen) atoms. The predicted octanol–water partition coefficient (Wildman–Crippen LogP) is 1.07. The Labute approximate surface area is 154 Å². The zero-order valence-electron chi connectivity index (χ0n) is 15.0. The SMILES string of the molecule is CNC(=O)c1ccc(S(=O)(=O)N2CCCC(C(=O)N3CCCC3)C2)cc1. The van der Waals surface area contributed by atoms with Gasteiger partial charge in [0.05, 0.1) is 10.8 Å². The topological polar surface area (TPSA) is 86.8 Å². The zero-order valence-corrected chi connectivity index (χ0v) is 15.8. The molecular formula is C18H25N3O4S. The molecule has 2 heterocycles. The van der Waals surface area contributed by atoms with Crippen molar-refractivity contribution in [1.82, 2.24) is 14.5 Å². The molecule has 0 spiro atoms. The fourth-order valence-electron chi connectivity index (χ4n) is 3.63. The molecule has 142 valence electrons. The highest BCUT2D eigenvalue weighted by Gasteiger charge is 2.35. The number of likely N-dealkylation sites (tertiary alicyclic amines) is 1. The van der Waals surface area contributed by atoms with Crippen LogP contribution in [0.4, 0.5) is 0 Å². The van der Waals surface area contributed by atoms with E-state index in [-0.39, 0.29) is 29.2 Å². The minimum absolute atomic E-state index is 0.0809. The minimum Gasteiger partial charge on any atom is -0.355 e. The van der Waals surface area contributed by atoms with Gasteiger partial charge in [-0.2, -0.15) is 4.31 Å². The lowest BCUT2D eigenvalue weighted by molar-refractivity contribution is -0.135. The molecule has 7 nitrogen and oxygen atoms in total. The van der Waals surface area contributed by atoms with Crippen molar-refractivity contribution in [2.24, 2.45) is 5.92 Å². The lowest BCUT2D eigenvalue weighted by atomic mass is 9.98. The van der Waals surface area contributed by atoms with Crippen molar-refractivity contribution in [3.8, 4) is 0 Å². The number of sulfonamides is 1. The van der Waals surface area contributed by atoms with Crippen LogP contribution in [0.25, 0.3) is 0 Å². The highest BCUT2D eigenvalue weighted by atomic mass is 32.2. The average molecular weight is 379 g/mol. The van der Waals surface area contributed by atoms with Crippen LogP contribution in [0.5, 0.6) is 0 Å². The monoisotopic (exact) mass is 379 g/mol. The summed E-state index contributed by atoms with van der Waals surface area (Å²) in [7, 11) is -2.14. The van der Waals surface area contributed by atoms with Crippen LogP contribution < -0.4 is 5.32 Å². The molecule has 3 rings (SSSR count). The Hall–Kier alpha value is -1.93. The van der Waals surface area contributed by atoms with Gasteiger partial charge in [-0.1, -0.05) is 0 Å². The summed E-state index contributed by atoms with van der Waals surface area (Å²) >= 11 is 0. The molecule has 0 aliphatic carbocycles. The van der Waals surface area contributed by atoms with Crippen LogP contribution >= 0.6 is 0 Å². The van der Waals surface area contributed by atoms with Crippen LogP contribution in [-0.2, 0) is 14.8 Å². The van der Waals surface area contributed by atoms with Gasteiger partial charge in [-0.15, -0.1) is 0 Å². The zero-order chi connectivity index (χ0) is 18.7. The van der Waals surface area contributed by atoms with E-state index >= 15 is 0 Å². The smallest absolute Gasteiger partial charge is 0.251 e. The Morgan fingerprint density at radius 1 is 1.04 bits per heavy atom. The summed E-state index contributed by atoms with van der Waals surface area (Å²) in [5, 5.41) is 2.51. The van der Waals surface area contributed by atoms with E-state index in [4.69, 9.17) is 0 Å². The van der Waals surface area contributed by atoms with Gasteiger partial charge in [-0.25, -0.2) is 8.42 Å². The molecule has 8 heteroatoms. The number of benzene rings is 1. The van der Waals surface area contributed by atoms with Crippen molar-refractivity contribution in [1.29, 1.82) is 0 Å². The van der Waals surface area contributed by atoms with Gasteiger partial charge in [0.1, 0.15) is 0 Å². The number of hydrogen-bond acceptors (Lipinski definition) is 4. The van der Waals surface area contributed by atoms with E-state index in [1.807, 2.05) is 4.90 Å². The van der Waals surface area contributed by atoms with E-state index in [0.717, 1.165) is 32.4 Å². The maximum absolute atomic E-state index is 12.9. The van der Waals surface area contributed by atoms with Crippen molar-refractivity contribution in [3.63, 3.8) is 0 Å². The lowest BCUT2D eigenvalue weighted by Gasteiger charge is -2.33. The van der Waals surface area contributed by atoms with E-state index in [2.05, 4.69) is 5.32 Å². The van der Waals surface area contributed by atoms with Gasteiger partial charge in [0.25, 0.3) is 5.91 Å². The molecule has 1 aromatic rings. The Morgan fingerprint density at radius 3 is 2.31 bits per heavy atom. The average Bonchev–Trinajstić information content (AvgIpc) is 3.21. The summed E-state index contributed by atoms with van der Waals surface area (Å²) in [5.41, 5.74) is 0.409. The summed E-state index contributed by atoms with van der Waals surface area (Å²) < 4.78 is 27.3. The van der Waals surface area contributed by atoms with Crippen molar-refractivity contribution in [2.75, 3.05) is 33.2 Å². The van der Waals surface area contributed by atoms with Crippen molar-refractivity contribution < 1.29 is 18.0 Å². The quantitative estimate of drug-likeness (QED) is 0.848. The van der Waals surface area contributed by atoms with E-state index in [1.165, 1.54) is 35.6 Å². The molecule has 0 bridgehead atoms. The van der Waals surface area contributed by atoms with Crippen molar-refractivity contribution in [3.05, 3.63) is 29.8 Å². The van der Waals surface area contributed by atoms with Crippen LogP contribution in [0.2, 0.25) is 0 Å². The number of rotatable bonds is 4. The van der Waals surface area contributed by atoms with E-state index in [1.54, 1.807) is 0 Å². The molecule has 0 saturated carbocycles. The number of piperidine rings is 1. The van der Waals surface area contributed by atoms with Gasteiger partial charge in [0, 0.05) is 38.8 Å². The molecule has 1 N–H and O–H groups in total. The highest BCUT2D eigenvalue weighted by Crippen LogP contribution is 2.26. The number of hydrogen-bond donors (Lipinski definition) is 1. The van der Waals surface area contributed by atoms with Gasteiger partial charge in [-0.05, 0) is 49.9 Å². The highest BCUT2D eigenvalue weighted by molar-refractivity contribution is 7.89. The standard InChI is InChI=1S/C18H25N3O4S/c1-19-17(22)14-6-8-16(9-7-14)26(24,25)21-12-4-5-15(13-21)18(23)20-10-2-3-11-20/h6-9,15H,2-5,10-13H2,1H3,(H,19,22). The van der Waals surface area contributed by atoms with E-state index < -0.39 is 10.0 Å². The number of carbonyl (C=O) groups is 2. The molecule has 1 atom stereocenters. The van der Waals surface area contributed by atoms with Gasteiger partial charge in [0.2, 0.25) is 15.9 Å². The van der Waals surface area contributed by atoms with Crippen LogP contribution in [0, 0.1) is 5.92 Å². The molecule has 2 fully saturated rings. The van der Waals surface area contributed by atoms with Gasteiger partial charge in [-0.3, -0.25) is 9.59 Å². The van der Waals surface area contributed by atoms with Crippen LogP contribution in [-0.4, -0.2) is 62.7 Å². The van der Waals surface area contributed by atoms with E-state index in [0.29, 0.717) is 18.5 Å².